The Morgan fingerprint density at radius 1 is 1.28 bits per heavy atom. The van der Waals surface area contributed by atoms with Gasteiger partial charge >= 0.3 is 0 Å². The number of benzene rings is 1. The molecule has 2 aromatic heterocycles. The number of ether oxygens (including phenoxy) is 2. The Morgan fingerprint density at radius 3 is 2.86 bits per heavy atom. The minimum absolute atomic E-state index is 0.0333. The lowest BCUT2D eigenvalue weighted by Crippen LogP contribution is -2.17. The molecule has 3 heterocycles. The number of carbonyl (C=O) groups excluding carboxylic acids is 1. The zero-order chi connectivity index (χ0) is 20.4. The van der Waals surface area contributed by atoms with E-state index in [0.717, 1.165) is 5.39 Å². The summed E-state index contributed by atoms with van der Waals surface area (Å²) in [6.07, 6.45) is 2.02. The molecule has 1 aliphatic rings. The van der Waals surface area contributed by atoms with Gasteiger partial charge in [-0.05, 0) is 50.2 Å². The van der Waals surface area contributed by atoms with Crippen LogP contribution in [0.3, 0.4) is 0 Å². The molecule has 1 aliphatic heterocycles. The van der Waals surface area contributed by atoms with E-state index in [9.17, 15) is 9.18 Å². The van der Waals surface area contributed by atoms with E-state index < -0.39 is 5.82 Å². The molecule has 6 nitrogen and oxygen atoms in total. The summed E-state index contributed by atoms with van der Waals surface area (Å²) in [6, 6.07) is 10.3. The van der Waals surface area contributed by atoms with Crippen molar-refractivity contribution in [3.63, 3.8) is 0 Å². The van der Waals surface area contributed by atoms with Gasteiger partial charge in [-0.1, -0.05) is 0 Å². The number of hydrogen-bond acceptors (Lipinski definition) is 5. The number of nitrogens with zero attached hydrogens (tertiary/aromatic N) is 2. The highest BCUT2D eigenvalue weighted by Crippen LogP contribution is 2.31. The Hall–Kier alpha value is -3.22. The van der Waals surface area contributed by atoms with Crippen LogP contribution in [0.25, 0.3) is 22.2 Å². The smallest absolute Gasteiger partial charge is 0.223 e. The average molecular weight is 395 g/mol. The summed E-state index contributed by atoms with van der Waals surface area (Å²) in [5, 5.41) is 3.57. The Morgan fingerprint density at radius 2 is 2.14 bits per heavy atom. The molecular weight excluding hydrogens is 373 g/mol. The Labute approximate surface area is 168 Å². The molecule has 1 aromatic carbocycles. The molecule has 0 bridgehead atoms. The minimum Gasteiger partial charge on any atom is -0.488 e. The fraction of sp³-hybridized carbons (Fsp3) is 0.318. The van der Waals surface area contributed by atoms with Gasteiger partial charge in [-0.3, -0.25) is 9.78 Å². The number of hydrogen-bond donors (Lipinski definition) is 1. The van der Waals surface area contributed by atoms with Crippen molar-refractivity contribution in [3.05, 3.63) is 48.4 Å². The van der Waals surface area contributed by atoms with Gasteiger partial charge < -0.3 is 14.8 Å². The van der Waals surface area contributed by atoms with Crippen molar-refractivity contribution in [3.8, 4) is 22.9 Å². The summed E-state index contributed by atoms with van der Waals surface area (Å²) in [4.78, 5) is 20.4. The first kappa shape index (κ1) is 19.1. The van der Waals surface area contributed by atoms with Crippen LogP contribution in [0.2, 0.25) is 0 Å². The Kier molecular flexibility index (Phi) is 5.29. The van der Waals surface area contributed by atoms with Gasteiger partial charge in [-0.25, -0.2) is 9.37 Å². The maximum absolute atomic E-state index is 14.5. The van der Waals surface area contributed by atoms with E-state index in [1.807, 2.05) is 26.0 Å². The van der Waals surface area contributed by atoms with Crippen molar-refractivity contribution in [2.75, 3.05) is 13.2 Å². The third-order valence-electron chi connectivity index (χ3n) is 4.67. The molecule has 4 rings (SSSR count). The Bertz CT molecular complexity index is 1050. The van der Waals surface area contributed by atoms with Crippen molar-refractivity contribution in [1.82, 2.24) is 15.3 Å². The second kappa shape index (κ2) is 8.03. The number of amides is 1. The van der Waals surface area contributed by atoms with E-state index in [4.69, 9.17) is 9.47 Å². The first-order valence-electron chi connectivity index (χ1n) is 9.61. The SMILES string of the molecule is CC(C)Oc1ccc(-c2cc3ncccc3c(OCC3CNC(=O)C3)n2)cc1F. The monoisotopic (exact) mass is 395 g/mol. The van der Waals surface area contributed by atoms with Gasteiger partial charge in [0, 0.05) is 30.6 Å². The van der Waals surface area contributed by atoms with E-state index in [2.05, 4.69) is 15.3 Å². The van der Waals surface area contributed by atoms with E-state index in [1.54, 1.807) is 24.4 Å². The molecule has 0 spiro atoms. The summed E-state index contributed by atoms with van der Waals surface area (Å²) < 4.78 is 25.9. The van der Waals surface area contributed by atoms with Crippen molar-refractivity contribution in [2.24, 2.45) is 5.92 Å². The third-order valence-corrected chi connectivity index (χ3v) is 4.67. The number of nitrogens with one attached hydrogen (secondary N) is 1. The number of aromatic nitrogens is 2. The lowest BCUT2D eigenvalue weighted by molar-refractivity contribution is -0.119. The number of pyridine rings is 2. The summed E-state index contributed by atoms with van der Waals surface area (Å²) in [5.41, 5.74) is 1.87. The molecule has 1 unspecified atom stereocenters. The van der Waals surface area contributed by atoms with Crippen LogP contribution in [-0.2, 0) is 4.79 Å². The lowest BCUT2D eigenvalue weighted by Gasteiger charge is -2.14. The molecule has 7 heteroatoms. The van der Waals surface area contributed by atoms with Gasteiger partial charge in [0.15, 0.2) is 11.6 Å². The maximum Gasteiger partial charge on any atom is 0.223 e. The number of carbonyl (C=O) groups is 1. The van der Waals surface area contributed by atoms with Gasteiger partial charge in [0.2, 0.25) is 11.8 Å². The molecule has 29 heavy (non-hydrogen) atoms. The van der Waals surface area contributed by atoms with Crippen LogP contribution in [0, 0.1) is 11.7 Å². The quantitative estimate of drug-likeness (QED) is 0.688. The molecule has 1 amide bonds. The van der Waals surface area contributed by atoms with Crippen LogP contribution in [0.15, 0.2) is 42.6 Å². The van der Waals surface area contributed by atoms with Crippen LogP contribution in [-0.4, -0.2) is 35.1 Å². The second-order valence-electron chi connectivity index (χ2n) is 7.38. The van der Waals surface area contributed by atoms with Gasteiger partial charge in [-0.2, -0.15) is 0 Å². The molecule has 0 saturated carbocycles. The van der Waals surface area contributed by atoms with Crippen LogP contribution in [0.4, 0.5) is 4.39 Å². The van der Waals surface area contributed by atoms with Crippen LogP contribution in [0.1, 0.15) is 20.3 Å². The van der Waals surface area contributed by atoms with Crippen LogP contribution >= 0.6 is 0 Å². The molecule has 1 fully saturated rings. The predicted molar refractivity (Wildman–Crippen MR) is 107 cm³/mol. The summed E-state index contributed by atoms with van der Waals surface area (Å²) >= 11 is 0. The van der Waals surface area contributed by atoms with E-state index in [-0.39, 0.29) is 23.7 Å². The molecule has 0 radical (unpaired) electrons. The minimum atomic E-state index is -0.447. The number of fused-ring (bicyclic) bond motifs is 1. The van der Waals surface area contributed by atoms with Crippen molar-refractivity contribution in [2.45, 2.75) is 26.4 Å². The number of halogens is 1. The van der Waals surface area contributed by atoms with Crippen molar-refractivity contribution < 1.29 is 18.7 Å². The highest BCUT2D eigenvalue weighted by molar-refractivity contribution is 5.87. The van der Waals surface area contributed by atoms with Crippen molar-refractivity contribution >= 4 is 16.8 Å². The highest BCUT2D eigenvalue weighted by Gasteiger charge is 2.22. The fourth-order valence-corrected chi connectivity index (χ4v) is 3.29. The van der Waals surface area contributed by atoms with Crippen molar-refractivity contribution in [1.29, 1.82) is 0 Å². The predicted octanol–water partition coefficient (Wildman–Crippen LogP) is 3.74. The zero-order valence-electron chi connectivity index (χ0n) is 16.3. The molecule has 1 saturated heterocycles. The average Bonchev–Trinajstić information content (AvgIpc) is 3.12. The highest BCUT2D eigenvalue weighted by atomic mass is 19.1. The van der Waals surface area contributed by atoms with Gasteiger partial charge in [0.05, 0.1) is 29.3 Å². The molecule has 3 aromatic rings. The first-order chi connectivity index (χ1) is 14.0. The van der Waals surface area contributed by atoms with Gasteiger partial charge in [-0.15, -0.1) is 0 Å². The van der Waals surface area contributed by atoms with E-state index >= 15 is 0 Å². The zero-order valence-corrected chi connectivity index (χ0v) is 16.3. The van der Waals surface area contributed by atoms with Gasteiger partial charge in [0.1, 0.15) is 0 Å². The molecule has 150 valence electrons. The fourth-order valence-electron chi connectivity index (χ4n) is 3.29. The summed E-state index contributed by atoms with van der Waals surface area (Å²) in [6.45, 7) is 4.66. The summed E-state index contributed by atoms with van der Waals surface area (Å²) in [7, 11) is 0. The molecular formula is C22H22FN3O3. The number of rotatable bonds is 6. The standard InChI is InChI=1S/C22H22FN3O3/c1-13(2)29-20-6-5-15(9-17(20)23)18-10-19-16(4-3-7-24-19)22(26-18)28-12-14-8-21(27)25-11-14/h3-7,9-10,13-14H,8,11-12H2,1-2H3,(H,25,27). The van der Waals surface area contributed by atoms with Gasteiger partial charge in [0.25, 0.3) is 0 Å². The normalized spacial score (nSPS) is 16.3. The van der Waals surface area contributed by atoms with E-state index in [0.29, 0.717) is 42.2 Å². The Balaban J connectivity index is 1.66. The van der Waals surface area contributed by atoms with Crippen LogP contribution in [0.5, 0.6) is 11.6 Å². The molecule has 1 N–H and O–H groups in total. The second-order valence-corrected chi connectivity index (χ2v) is 7.38. The maximum atomic E-state index is 14.5. The lowest BCUT2D eigenvalue weighted by atomic mass is 10.1. The topological polar surface area (TPSA) is 73.3 Å². The third kappa shape index (κ3) is 4.29. The largest absolute Gasteiger partial charge is 0.488 e. The van der Waals surface area contributed by atoms with E-state index in [1.165, 1.54) is 6.07 Å². The first-order valence-corrected chi connectivity index (χ1v) is 9.61. The molecule has 1 atom stereocenters. The molecule has 0 aliphatic carbocycles. The summed E-state index contributed by atoms with van der Waals surface area (Å²) in [5.74, 6) is 0.318. The van der Waals surface area contributed by atoms with Crippen LogP contribution < -0.4 is 14.8 Å².